The lowest BCUT2D eigenvalue weighted by Gasteiger charge is -2.24. The quantitative estimate of drug-likeness (QED) is 0.170. The third-order valence-corrected chi connectivity index (χ3v) is 7.66. The van der Waals surface area contributed by atoms with Crippen molar-refractivity contribution in [1.82, 2.24) is 4.90 Å². The molecule has 40 heavy (non-hydrogen) atoms. The maximum atomic E-state index is 10.7. The lowest BCUT2D eigenvalue weighted by Crippen LogP contribution is -2.36. The summed E-state index contributed by atoms with van der Waals surface area (Å²) in [5.41, 5.74) is 2.10. The predicted octanol–water partition coefficient (Wildman–Crippen LogP) is 4.64. The normalized spacial score (nSPS) is 12.8. The minimum atomic E-state index is -6.09. The standard InChI is InChI=1S/C27H35N3O2.CHF3O3S/c1-6-30(7-2)16-10-15-28-26-20-11-8-9-12-23(20)29(3)27-21(26)14-13-19-17-24(31-4)25(32-5)18-22(19)27;2-1(3,4)8(5,6)7/h8-9,11-12,17-18H,6-7,10,13-16H2,1-5H3;(H,5,6,7). The lowest BCUT2D eigenvalue weighted by atomic mass is 9.86. The van der Waals surface area contributed by atoms with Crippen molar-refractivity contribution in [2.24, 2.45) is 7.05 Å². The first-order valence-electron chi connectivity index (χ1n) is 13.0. The number of alkyl halides is 3. The Balaban J connectivity index is 0.000000482. The number of fused-ring (bicyclic) bond motifs is 4. The summed E-state index contributed by atoms with van der Waals surface area (Å²) >= 11 is 0. The minimum absolute atomic E-state index is 0.779. The fourth-order valence-corrected chi connectivity index (χ4v) is 5.03. The molecule has 1 N–H and O–H groups in total. The topological polar surface area (TPSA) is 94.8 Å². The van der Waals surface area contributed by atoms with Gasteiger partial charge in [-0.05, 0) is 62.7 Å². The van der Waals surface area contributed by atoms with Crippen molar-refractivity contribution in [3.8, 4) is 22.8 Å². The van der Waals surface area contributed by atoms with Crippen LogP contribution in [0.4, 0.5) is 18.9 Å². The maximum absolute atomic E-state index is 10.7. The number of methoxy groups -OCH3 is 2. The van der Waals surface area contributed by atoms with Gasteiger partial charge >= 0.3 is 5.51 Å². The molecule has 1 aromatic heterocycles. The van der Waals surface area contributed by atoms with E-state index >= 15 is 0 Å². The molecule has 4 rings (SSSR count). The number of aromatic nitrogens is 1. The molecule has 0 bridgehead atoms. The molecule has 0 saturated carbocycles. The van der Waals surface area contributed by atoms with E-state index in [1.165, 1.54) is 39.0 Å². The van der Waals surface area contributed by atoms with Gasteiger partial charge in [0.05, 0.1) is 30.9 Å². The van der Waals surface area contributed by atoms with E-state index in [0.29, 0.717) is 0 Å². The highest BCUT2D eigenvalue weighted by Gasteiger charge is 2.37. The molecule has 220 valence electrons. The van der Waals surface area contributed by atoms with E-state index in [0.717, 1.165) is 56.9 Å². The number of para-hydroxylation sites is 1. The number of nitrogens with one attached hydrogen (secondary N) is 1. The number of rotatable bonds is 9. The van der Waals surface area contributed by atoms with Crippen molar-refractivity contribution >= 4 is 26.7 Å². The smallest absolute Gasteiger partial charge is 0.485 e. The Morgan fingerprint density at radius 1 is 1.05 bits per heavy atom. The summed E-state index contributed by atoms with van der Waals surface area (Å²) in [6.45, 7) is 8.79. The fraction of sp³-hybridized carbons (Fsp3) is 0.464. The molecule has 1 heterocycles. The Labute approximate surface area is 233 Å². The van der Waals surface area contributed by atoms with Crippen molar-refractivity contribution in [1.29, 1.82) is 0 Å². The average Bonchev–Trinajstić information content (AvgIpc) is 2.92. The SMILES string of the molecule is CCN(CC)CCCNc1c2c([n+](C)c3ccccc13)-c1cc(OC)c(OC)cc1CC2.O=S(=O)([O-])C(F)(F)F. The Hall–Kier alpha value is -3.09. The highest BCUT2D eigenvalue weighted by molar-refractivity contribution is 7.86. The van der Waals surface area contributed by atoms with E-state index < -0.39 is 15.6 Å². The second kappa shape index (κ2) is 13.0. The molecular weight excluding hydrogens is 547 g/mol. The van der Waals surface area contributed by atoms with Crippen molar-refractivity contribution in [2.45, 2.75) is 38.6 Å². The van der Waals surface area contributed by atoms with Gasteiger partial charge in [-0.3, -0.25) is 0 Å². The molecule has 0 saturated heterocycles. The van der Waals surface area contributed by atoms with E-state index in [9.17, 15) is 13.2 Å². The van der Waals surface area contributed by atoms with Crippen LogP contribution in [0.3, 0.4) is 0 Å². The molecule has 0 amide bonds. The molecule has 1 aliphatic rings. The number of nitrogens with zero attached hydrogens (tertiary/aromatic N) is 2. The molecule has 0 aliphatic heterocycles. The second-order valence-corrected chi connectivity index (χ2v) is 10.7. The van der Waals surface area contributed by atoms with Gasteiger partial charge in [-0.1, -0.05) is 26.0 Å². The van der Waals surface area contributed by atoms with Crippen LogP contribution in [0.15, 0.2) is 36.4 Å². The van der Waals surface area contributed by atoms with Crippen LogP contribution in [0, 0.1) is 0 Å². The van der Waals surface area contributed by atoms with Gasteiger partial charge in [0, 0.05) is 18.2 Å². The summed E-state index contributed by atoms with van der Waals surface area (Å²) in [5.74, 6) is 1.58. The zero-order valence-electron chi connectivity index (χ0n) is 23.4. The van der Waals surface area contributed by atoms with Gasteiger partial charge in [-0.25, -0.2) is 8.42 Å². The van der Waals surface area contributed by atoms with Crippen LogP contribution < -0.4 is 19.4 Å². The molecule has 0 radical (unpaired) electrons. The first-order valence-corrected chi connectivity index (χ1v) is 14.5. The molecule has 8 nitrogen and oxygen atoms in total. The molecule has 0 atom stereocenters. The minimum Gasteiger partial charge on any atom is -0.741 e. The van der Waals surface area contributed by atoms with Crippen LogP contribution in [0.2, 0.25) is 0 Å². The van der Waals surface area contributed by atoms with Gasteiger partial charge in [0.1, 0.15) is 7.05 Å². The molecule has 0 unspecified atom stereocenters. The second-order valence-electron chi connectivity index (χ2n) is 9.35. The van der Waals surface area contributed by atoms with Crippen LogP contribution in [-0.4, -0.2) is 63.8 Å². The number of hydrogen-bond acceptors (Lipinski definition) is 7. The lowest BCUT2D eigenvalue weighted by molar-refractivity contribution is -0.634. The predicted molar refractivity (Wildman–Crippen MR) is 148 cm³/mol. The Morgan fingerprint density at radius 3 is 2.23 bits per heavy atom. The zero-order valence-corrected chi connectivity index (χ0v) is 24.2. The van der Waals surface area contributed by atoms with Gasteiger partial charge in [-0.15, -0.1) is 0 Å². The number of pyridine rings is 1. The van der Waals surface area contributed by atoms with Crippen molar-refractivity contribution in [2.75, 3.05) is 45.7 Å². The Morgan fingerprint density at radius 2 is 1.65 bits per heavy atom. The molecular formula is C28H36F3N3O5S. The Kier molecular flexibility index (Phi) is 10.3. The molecule has 12 heteroatoms. The number of ether oxygens (including phenoxy) is 2. The van der Waals surface area contributed by atoms with Crippen LogP contribution in [0.25, 0.3) is 22.2 Å². The van der Waals surface area contributed by atoms with Crippen molar-refractivity contribution < 1.29 is 40.2 Å². The van der Waals surface area contributed by atoms with E-state index in [-0.39, 0.29) is 0 Å². The van der Waals surface area contributed by atoms with Gasteiger partial charge in [0.2, 0.25) is 11.2 Å². The highest BCUT2D eigenvalue weighted by Crippen LogP contribution is 2.42. The van der Waals surface area contributed by atoms with Crippen LogP contribution in [0.5, 0.6) is 11.5 Å². The number of benzene rings is 2. The third-order valence-electron chi connectivity index (χ3n) is 7.10. The highest BCUT2D eigenvalue weighted by atomic mass is 32.2. The van der Waals surface area contributed by atoms with Gasteiger partial charge in [0.15, 0.2) is 21.6 Å². The van der Waals surface area contributed by atoms with Crippen LogP contribution in [-0.2, 0) is 30.0 Å². The molecule has 0 fully saturated rings. The first kappa shape index (κ1) is 31.4. The number of anilines is 1. The molecule has 2 aromatic carbocycles. The third kappa shape index (κ3) is 6.79. The summed E-state index contributed by atoms with van der Waals surface area (Å²) in [7, 11) is -0.504. The monoisotopic (exact) mass is 583 g/mol. The fourth-order valence-electron chi connectivity index (χ4n) is 5.03. The van der Waals surface area contributed by atoms with Crippen LogP contribution >= 0.6 is 0 Å². The summed E-state index contributed by atoms with van der Waals surface area (Å²) in [4.78, 5) is 2.48. The van der Waals surface area contributed by atoms with Crippen LogP contribution in [0.1, 0.15) is 31.4 Å². The van der Waals surface area contributed by atoms with Gasteiger partial charge in [0.25, 0.3) is 0 Å². The van der Waals surface area contributed by atoms with Gasteiger partial charge in [-0.2, -0.15) is 17.7 Å². The summed E-state index contributed by atoms with van der Waals surface area (Å²) in [5, 5.41) is 5.12. The van der Waals surface area contributed by atoms with E-state index in [1.807, 2.05) is 0 Å². The van der Waals surface area contributed by atoms with E-state index in [4.69, 9.17) is 22.4 Å². The summed E-state index contributed by atoms with van der Waals surface area (Å²) in [6, 6.07) is 13.0. The van der Waals surface area contributed by atoms with E-state index in [2.05, 4.69) is 72.1 Å². The summed E-state index contributed by atoms with van der Waals surface area (Å²) < 4.78 is 72.5. The number of hydrogen-bond donors (Lipinski definition) is 1. The zero-order chi connectivity index (χ0) is 29.7. The Bertz CT molecular complexity index is 1440. The number of aryl methyl sites for hydroxylation is 2. The van der Waals surface area contributed by atoms with Crippen molar-refractivity contribution in [3.05, 3.63) is 47.5 Å². The number of halogens is 3. The molecule has 1 aliphatic carbocycles. The van der Waals surface area contributed by atoms with E-state index in [1.54, 1.807) is 14.2 Å². The molecule has 0 spiro atoms. The maximum Gasteiger partial charge on any atom is 0.485 e. The van der Waals surface area contributed by atoms with Gasteiger partial charge < -0.3 is 24.2 Å². The average molecular weight is 584 g/mol. The largest absolute Gasteiger partial charge is 0.741 e. The summed E-state index contributed by atoms with van der Waals surface area (Å²) in [6.07, 6.45) is 3.14. The first-order chi connectivity index (χ1) is 18.9. The molecule has 3 aromatic rings. The van der Waals surface area contributed by atoms with Crippen molar-refractivity contribution in [3.63, 3.8) is 0 Å².